The Morgan fingerprint density at radius 1 is 1.42 bits per heavy atom. The maximum absolute atomic E-state index is 11.5. The number of hydrogen-bond donors (Lipinski definition) is 1. The lowest BCUT2D eigenvalue weighted by atomic mass is 10.3. The van der Waals surface area contributed by atoms with Crippen molar-refractivity contribution in [1.82, 2.24) is 4.98 Å². The molecular weight excluding hydrogens is 264 g/mol. The quantitative estimate of drug-likeness (QED) is 0.727. The Labute approximate surface area is 112 Å². The van der Waals surface area contributed by atoms with Crippen molar-refractivity contribution in [3.8, 4) is 10.8 Å². The van der Waals surface area contributed by atoms with E-state index in [-0.39, 0.29) is 0 Å². The molecule has 0 unspecified atom stereocenters. The molecule has 2 heterocycles. The molecule has 0 aliphatic carbocycles. The van der Waals surface area contributed by atoms with Gasteiger partial charge in [-0.15, -0.1) is 11.3 Å². The van der Waals surface area contributed by atoms with Crippen LogP contribution in [0.15, 0.2) is 34.7 Å². The number of carbonyl (C=O) groups is 1. The van der Waals surface area contributed by atoms with Crippen LogP contribution in [-0.2, 0) is 4.74 Å². The van der Waals surface area contributed by atoms with Crippen LogP contribution in [-0.4, -0.2) is 18.1 Å². The second kappa shape index (κ2) is 4.40. The van der Waals surface area contributed by atoms with E-state index in [9.17, 15) is 4.79 Å². The topological polar surface area (TPSA) is 78.3 Å². The largest absolute Gasteiger partial charge is 0.465 e. The molecule has 0 fully saturated rings. The van der Waals surface area contributed by atoms with Crippen LogP contribution < -0.4 is 5.73 Å². The molecule has 3 rings (SSSR count). The number of para-hydroxylation sites is 2. The SMILES string of the molecule is COC(=O)c1cc(-c2nc3ccccc3o2)sc1N. The molecule has 6 heteroatoms. The molecule has 0 bridgehead atoms. The van der Waals surface area contributed by atoms with E-state index in [0.29, 0.717) is 26.9 Å². The lowest BCUT2D eigenvalue weighted by Gasteiger charge is -1.94. The number of thiophene rings is 1. The first-order chi connectivity index (χ1) is 9.19. The van der Waals surface area contributed by atoms with Gasteiger partial charge in [0.1, 0.15) is 10.5 Å². The van der Waals surface area contributed by atoms with Gasteiger partial charge in [0.05, 0.1) is 17.6 Å². The number of aromatic nitrogens is 1. The second-order valence-corrected chi connectivity index (χ2v) is 4.95. The molecule has 19 heavy (non-hydrogen) atoms. The summed E-state index contributed by atoms with van der Waals surface area (Å²) in [7, 11) is 1.32. The lowest BCUT2D eigenvalue weighted by Crippen LogP contribution is -2.01. The van der Waals surface area contributed by atoms with Gasteiger partial charge in [0, 0.05) is 0 Å². The van der Waals surface area contributed by atoms with Crippen LogP contribution in [0.1, 0.15) is 10.4 Å². The van der Waals surface area contributed by atoms with Gasteiger partial charge in [-0.25, -0.2) is 9.78 Å². The van der Waals surface area contributed by atoms with Gasteiger partial charge in [-0.3, -0.25) is 0 Å². The number of nitrogens with two attached hydrogens (primary N) is 1. The third-order valence-corrected chi connectivity index (χ3v) is 3.62. The fourth-order valence-corrected chi connectivity index (χ4v) is 2.60. The summed E-state index contributed by atoms with van der Waals surface area (Å²) in [5, 5.41) is 0.393. The van der Waals surface area contributed by atoms with Gasteiger partial charge >= 0.3 is 5.97 Å². The number of anilines is 1. The van der Waals surface area contributed by atoms with Crippen molar-refractivity contribution in [1.29, 1.82) is 0 Å². The summed E-state index contributed by atoms with van der Waals surface area (Å²) in [5.74, 6) is -0.0100. The molecule has 2 N–H and O–H groups in total. The molecule has 3 aromatic rings. The van der Waals surface area contributed by atoms with Crippen molar-refractivity contribution in [2.24, 2.45) is 0 Å². The zero-order valence-electron chi connectivity index (χ0n) is 10.0. The normalized spacial score (nSPS) is 10.8. The number of methoxy groups -OCH3 is 1. The van der Waals surface area contributed by atoms with E-state index >= 15 is 0 Å². The van der Waals surface area contributed by atoms with Crippen molar-refractivity contribution >= 4 is 33.4 Å². The van der Waals surface area contributed by atoms with Crippen LogP contribution in [0, 0.1) is 0 Å². The number of ether oxygens (including phenoxy) is 1. The predicted octanol–water partition coefficient (Wildman–Crippen LogP) is 2.93. The number of rotatable bonds is 2. The van der Waals surface area contributed by atoms with Crippen molar-refractivity contribution in [2.45, 2.75) is 0 Å². The van der Waals surface area contributed by atoms with Crippen molar-refractivity contribution in [3.63, 3.8) is 0 Å². The average molecular weight is 274 g/mol. The number of benzene rings is 1. The van der Waals surface area contributed by atoms with Crippen LogP contribution in [0.2, 0.25) is 0 Å². The fourth-order valence-electron chi connectivity index (χ4n) is 1.76. The Bertz CT molecular complexity index is 727. The Kier molecular flexibility index (Phi) is 2.72. The summed E-state index contributed by atoms with van der Waals surface area (Å²) in [6.07, 6.45) is 0. The molecule has 5 nitrogen and oxygen atoms in total. The average Bonchev–Trinajstić information content (AvgIpc) is 3.00. The first kappa shape index (κ1) is 11.7. The molecule has 2 aromatic heterocycles. The van der Waals surface area contributed by atoms with E-state index in [0.717, 1.165) is 5.52 Å². The number of nitrogens with zero attached hydrogens (tertiary/aromatic N) is 1. The van der Waals surface area contributed by atoms with E-state index in [1.807, 2.05) is 24.3 Å². The molecule has 0 aliphatic rings. The van der Waals surface area contributed by atoms with Gasteiger partial charge in [-0.2, -0.15) is 0 Å². The van der Waals surface area contributed by atoms with E-state index in [4.69, 9.17) is 10.2 Å². The van der Waals surface area contributed by atoms with E-state index in [2.05, 4.69) is 9.72 Å². The summed E-state index contributed by atoms with van der Waals surface area (Å²) in [6, 6.07) is 9.10. The molecule has 0 saturated carbocycles. The summed E-state index contributed by atoms with van der Waals surface area (Å²) >= 11 is 1.25. The molecule has 0 aliphatic heterocycles. The molecule has 0 radical (unpaired) electrons. The van der Waals surface area contributed by atoms with Gasteiger partial charge in [0.25, 0.3) is 0 Å². The van der Waals surface area contributed by atoms with Gasteiger partial charge < -0.3 is 14.9 Å². The number of carbonyl (C=O) groups excluding carboxylic acids is 1. The van der Waals surface area contributed by atoms with Crippen LogP contribution in [0.3, 0.4) is 0 Å². The van der Waals surface area contributed by atoms with Crippen molar-refractivity contribution in [2.75, 3.05) is 12.8 Å². The maximum atomic E-state index is 11.5. The molecule has 0 atom stereocenters. The highest BCUT2D eigenvalue weighted by Crippen LogP contribution is 2.34. The van der Waals surface area contributed by atoms with Gasteiger partial charge in [-0.1, -0.05) is 12.1 Å². The number of nitrogen functional groups attached to an aromatic ring is 1. The number of hydrogen-bond acceptors (Lipinski definition) is 6. The minimum absolute atomic E-state index is 0.338. The van der Waals surface area contributed by atoms with Crippen molar-refractivity contribution < 1.29 is 13.9 Å². The van der Waals surface area contributed by atoms with Crippen LogP contribution in [0.5, 0.6) is 0 Å². The third-order valence-electron chi connectivity index (χ3n) is 2.67. The molecule has 0 amide bonds. The Morgan fingerprint density at radius 3 is 2.95 bits per heavy atom. The predicted molar refractivity (Wildman–Crippen MR) is 73.1 cm³/mol. The Balaban J connectivity index is 2.09. The number of esters is 1. The highest BCUT2D eigenvalue weighted by molar-refractivity contribution is 7.19. The zero-order valence-corrected chi connectivity index (χ0v) is 10.9. The Morgan fingerprint density at radius 2 is 2.21 bits per heavy atom. The fraction of sp³-hybridized carbons (Fsp3) is 0.0769. The number of oxazole rings is 1. The lowest BCUT2D eigenvalue weighted by molar-refractivity contribution is 0.0602. The second-order valence-electron chi connectivity index (χ2n) is 3.87. The molecule has 0 spiro atoms. The zero-order chi connectivity index (χ0) is 13.4. The first-order valence-corrected chi connectivity index (χ1v) is 6.34. The smallest absolute Gasteiger partial charge is 0.340 e. The van der Waals surface area contributed by atoms with Gasteiger partial charge in [-0.05, 0) is 18.2 Å². The monoisotopic (exact) mass is 274 g/mol. The summed E-state index contributed by atoms with van der Waals surface area (Å²) in [5.41, 5.74) is 7.60. The molecule has 1 aromatic carbocycles. The summed E-state index contributed by atoms with van der Waals surface area (Å²) < 4.78 is 10.3. The summed E-state index contributed by atoms with van der Waals surface area (Å²) in [6.45, 7) is 0. The minimum atomic E-state index is -0.462. The van der Waals surface area contributed by atoms with Gasteiger partial charge in [0.2, 0.25) is 5.89 Å². The Hall–Kier alpha value is -2.34. The summed E-state index contributed by atoms with van der Waals surface area (Å²) in [4.78, 5) is 16.6. The van der Waals surface area contributed by atoms with Gasteiger partial charge in [0.15, 0.2) is 5.58 Å². The van der Waals surface area contributed by atoms with Crippen LogP contribution in [0.4, 0.5) is 5.00 Å². The molecular formula is C13H10N2O3S. The number of fused-ring (bicyclic) bond motifs is 1. The highest BCUT2D eigenvalue weighted by atomic mass is 32.1. The molecule has 0 saturated heterocycles. The third kappa shape index (κ3) is 1.96. The maximum Gasteiger partial charge on any atom is 0.340 e. The van der Waals surface area contributed by atoms with Crippen molar-refractivity contribution in [3.05, 3.63) is 35.9 Å². The van der Waals surface area contributed by atoms with Crippen LogP contribution in [0.25, 0.3) is 21.9 Å². The van der Waals surface area contributed by atoms with E-state index in [1.165, 1.54) is 18.4 Å². The minimum Gasteiger partial charge on any atom is -0.465 e. The first-order valence-electron chi connectivity index (χ1n) is 5.52. The van der Waals surface area contributed by atoms with E-state index in [1.54, 1.807) is 6.07 Å². The molecule has 96 valence electrons. The van der Waals surface area contributed by atoms with Crippen LogP contribution >= 0.6 is 11.3 Å². The standard InChI is InChI=1S/C13H10N2O3S/c1-17-13(16)7-6-10(19-11(7)14)12-15-8-4-2-3-5-9(8)18-12/h2-6H,14H2,1H3. The van der Waals surface area contributed by atoms with E-state index < -0.39 is 5.97 Å². The highest BCUT2D eigenvalue weighted by Gasteiger charge is 2.18.